The number of aryl methyl sites for hydroxylation is 1. The molecule has 3 aromatic rings. The number of nitrogens with one attached hydrogen (secondary N) is 2. The van der Waals surface area contributed by atoms with Crippen LogP contribution in [0, 0.1) is 18.6 Å². The third kappa shape index (κ3) is 3.41. The molecule has 0 aliphatic heterocycles. The highest BCUT2D eigenvalue weighted by Gasteiger charge is 2.23. The number of benzene rings is 1. The first-order chi connectivity index (χ1) is 12.4. The number of halogens is 2. The molecule has 0 aliphatic rings. The van der Waals surface area contributed by atoms with E-state index in [2.05, 4.69) is 20.6 Å². The SMILES string of the molecule is CC[C@@H](NC(=O)Nc1cnc(N)nc1)c1oc2c(F)cc(F)cc2c1C. The van der Waals surface area contributed by atoms with Crippen LogP contribution in [-0.2, 0) is 0 Å². The van der Waals surface area contributed by atoms with Gasteiger partial charge in [-0.1, -0.05) is 6.92 Å². The molecule has 0 unspecified atom stereocenters. The summed E-state index contributed by atoms with van der Waals surface area (Å²) in [7, 11) is 0. The Hall–Kier alpha value is -3.23. The average molecular weight is 361 g/mol. The third-order valence-corrected chi connectivity index (χ3v) is 3.95. The molecule has 0 saturated carbocycles. The van der Waals surface area contributed by atoms with Crippen molar-refractivity contribution in [1.29, 1.82) is 0 Å². The van der Waals surface area contributed by atoms with E-state index >= 15 is 0 Å². The molecule has 7 nitrogen and oxygen atoms in total. The molecule has 0 fully saturated rings. The molecule has 2 amide bonds. The number of hydrogen-bond donors (Lipinski definition) is 3. The Balaban J connectivity index is 1.83. The number of anilines is 2. The molecule has 9 heteroatoms. The molecule has 1 aromatic carbocycles. The van der Waals surface area contributed by atoms with Gasteiger partial charge < -0.3 is 20.8 Å². The Morgan fingerprint density at radius 3 is 2.65 bits per heavy atom. The quantitative estimate of drug-likeness (QED) is 0.657. The van der Waals surface area contributed by atoms with Gasteiger partial charge in [0.2, 0.25) is 5.95 Å². The number of aromatic nitrogens is 2. The number of nitrogen functional groups attached to an aromatic ring is 1. The second-order valence-electron chi connectivity index (χ2n) is 5.74. The summed E-state index contributed by atoms with van der Waals surface area (Å²) >= 11 is 0. The van der Waals surface area contributed by atoms with Crippen molar-refractivity contribution >= 4 is 28.6 Å². The van der Waals surface area contributed by atoms with Gasteiger partial charge in [-0.05, 0) is 19.4 Å². The number of rotatable bonds is 4. The molecule has 26 heavy (non-hydrogen) atoms. The topological polar surface area (TPSA) is 106 Å². The number of carbonyl (C=O) groups excluding carboxylic acids is 1. The van der Waals surface area contributed by atoms with Crippen LogP contribution in [0.2, 0.25) is 0 Å². The molecule has 1 atom stereocenters. The van der Waals surface area contributed by atoms with Crippen LogP contribution in [0.1, 0.15) is 30.7 Å². The second-order valence-corrected chi connectivity index (χ2v) is 5.74. The molecular formula is C17H17F2N5O2. The van der Waals surface area contributed by atoms with Gasteiger partial charge in [-0.25, -0.2) is 23.5 Å². The molecule has 0 radical (unpaired) electrons. The Morgan fingerprint density at radius 2 is 2.00 bits per heavy atom. The monoisotopic (exact) mass is 361 g/mol. The van der Waals surface area contributed by atoms with Crippen molar-refractivity contribution in [3.05, 3.63) is 47.5 Å². The van der Waals surface area contributed by atoms with Crippen molar-refractivity contribution < 1.29 is 18.0 Å². The van der Waals surface area contributed by atoms with Crippen molar-refractivity contribution in [1.82, 2.24) is 15.3 Å². The number of fused-ring (bicyclic) bond motifs is 1. The lowest BCUT2D eigenvalue weighted by Gasteiger charge is -2.16. The van der Waals surface area contributed by atoms with Crippen molar-refractivity contribution in [2.24, 2.45) is 0 Å². The van der Waals surface area contributed by atoms with Crippen molar-refractivity contribution in [2.45, 2.75) is 26.3 Å². The van der Waals surface area contributed by atoms with E-state index in [-0.39, 0.29) is 11.5 Å². The fourth-order valence-corrected chi connectivity index (χ4v) is 2.68. The van der Waals surface area contributed by atoms with E-state index in [1.54, 1.807) is 6.92 Å². The summed E-state index contributed by atoms with van der Waals surface area (Å²) in [4.78, 5) is 19.8. The van der Waals surface area contributed by atoms with Crippen LogP contribution in [-0.4, -0.2) is 16.0 Å². The lowest BCUT2D eigenvalue weighted by Crippen LogP contribution is -2.32. The van der Waals surface area contributed by atoms with Gasteiger partial charge in [0.1, 0.15) is 11.6 Å². The van der Waals surface area contributed by atoms with Crippen LogP contribution < -0.4 is 16.4 Å². The number of amides is 2. The van der Waals surface area contributed by atoms with Gasteiger partial charge in [-0.15, -0.1) is 0 Å². The number of nitrogens with two attached hydrogens (primary N) is 1. The van der Waals surface area contributed by atoms with E-state index in [0.717, 1.165) is 6.07 Å². The summed E-state index contributed by atoms with van der Waals surface area (Å²) in [5.74, 6) is -1.01. The van der Waals surface area contributed by atoms with Crippen LogP contribution in [0.15, 0.2) is 28.9 Å². The van der Waals surface area contributed by atoms with E-state index in [0.29, 0.717) is 28.8 Å². The molecule has 136 valence electrons. The standard InChI is InChI=1S/C17H17F2N5O2/c1-3-13(24-17(25)23-10-6-21-16(20)22-7-10)14-8(2)11-4-9(18)5-12(19)15(11)26-14/h4-7,13H,3H2,1-2H3,(H2,20,21,22)(H2,23,24,25)/t13-/m1/s1. The second kappa shape index (κ2) is 6.95. The zero-order valence-electron chi connectivity index (χ0n) is 14.1. The van der Waals surface area contributed by atoms with E-state index in [1.165, 1.54) is 18.5 Å². The summed E-state index contributed by atoms with van der Waals surface area (Å²) in [6.07, 6.45) is 3.22. The Bertz CT molecular complexity index is 956. The molecule has 4 N–H and O–H groups in total. The number of carbonyl (C=O) groups is 1. The summed E-state index contributed by atoms with van der Waals surface area (Å²) in [5.41, 5.74) is 6.29. The van der Waals surface area contributed by atoms with Crippen molar-refractivity contribution in [3.63, 3.8) is 0 Å². The summed E-state index contributed by atoms with van der Waals surface area (Å²) in [6.45, 7) is 3.52. The van der Waals surface area contributed by atoms with Gasteiger partial charge in [-0.3, -0.25) is 0 Å². The molecule has 2 aromatic heterocycles. The van der Waals surface area contributed by atoms with Crippen LogP contribution in [0.3, 0.4) is 0 Å². The maximum Gasteiger partial charge on any atom is 0.319 e. The zero-order chi connectivity index (χ0) is 18.8. The number of nitrogens with zero attached hydrogens (tertiary/aromatic N) is 2. The lowest BCUT2D eigenvalue weighted by atomic mass is 10.1. The predicted octanol–water partition coefficient (Wildman–Crippen LogP) is 3.66. The zero-order valence-corrected chi connectivity index (χ0v) is 14.1. The fourth-order valence-electron chi connectivity index (χ4n) is 2.68. The van der Waals surface area contributed by atoms with E-state index in [1.807, 2.05) is 6.92 Å². The van der Waals surface area contributed by atoms with Gasteiger partial charge in [0, 0.05) is 17.0 Å². The Kier molecular flexibility index (Phi) is 4.70. The molecule has 3 rings (SSSR count). The predicted molar refractivity (Wildman–Crippen MR) is 92.5 cm³/mol. The van der Waals surface area contributed by atoms with Crippen LogP contribution in [0.5, 0.6) is 0 Å². The largest absolute Gasteiger partial charge is 0.455 e. The first-order valence-electron chi connectivity index (χ1n) is 7.92. The first-order valence-corrected chi connectivity index (χ1v) is 7.92. The maximum atomic E-state index is 13.9. The molecular weight excluding hydrogens is 344 g/mol. The van der Waals surface area contributed by atoms with E-state index < -0.39 is 23.7 Å². The fraction of sp³-hybridized carbons (Fsp3) is 0.235. The van der Waals surface area contributed by atoms with Gasteiger partial charge in [0.15, 0.2) is 11.4 Å². The van der Waals surface area contributed by atoms with Gasteiger partial charge in [0.25, 0.3) is 0 Å². The molecule has 0 saturated heterocycles. The average Bonchev–Trinajstić information content (AvgIpc) is 2.92. The number of hydrogen-bond acceptors (Lipinski definition) is 5. The van der Waals surface area contributed by atoms with E-state index in [9.17, 15) is 13.6 Å². The highest BCUT2D eigenvalue weighted by atomic mass is 19.1. The van der Waals surface area contributed by atoms with Crippen molar-refractivity contribution in [2.75, 3.05) is 11.1 Å². The number of urea groups is 1. The molecule has 0 aliphatic carbocycles. The van der Waals surface area contributed by atoms with Gasteiger partial charge in [0.05, 0.1) is 24.1 Å². The van der Waals surface area contributed by atoms with Gasteiger partial charge in [-0.2, -0.15) is 0 Å². The minimum absolute atomic E-state index is 0.0357. The van der Waals surface area contributed by atoms with Gasteiger partial charge >= 0.3 is 6.03 Å². The maximum absolute atomic E-state index is 13.9. The summed E-state index contributed by atoms with van der Waals surface area (Å²) in [5, 5.41) is 5.64. The minimum atomic E-state index is -0.785. The van der Waals surface area contributed by atoms with Crippen molar-refractivity contribution in [3.8, 4) is 0 Å². The summed E-state index contributed by atoms with van der Waals surface area (Å²) < 4.78 is 33.0. The Labute approximate surface area is 147 Å². The molecule has 0 spiro atoms. The molecule has 2 heterocycles. The van der Waals surface area contributed by atoms with Crippen LogP contribution in [0.4, 0.5) is 25.2 Å². The van der Waals surface area contributed by atoms with E-state index in [4.69, 9.17) is 10.2 Å². The summed E-state index contributed by atoms with van der Waals surface area (Å²) in [6, 6.07) is 0.924. The third-order valence-electron chi connectivity index (χ3n) is 3.95. The van der Waals surface area contributed by atoms with Crippen LogP contribution >= 0.6 is 0 Å². The Morgan fingerprint density at radius 1 is 1.31 bits per heavy atom. The highest BCUT2D eigenvalue weighted by Crippen LogP contribution is 2.33. The van der Waals surface area contributed by atoms with Crippen LogP contribution in [0.25, 0.3) is 11.0 Å². The smallest absolute Gasteiger partial charge is 0.319 e. The number of furan rings is 1. The lowest BCUT2D eigenvalue weighted by molar-refractivity contribution is 0.246. The minimum Gasteiger partial charge on any atom is -0.455 e. The first kappa shape index (κ1) is 17.6. The molecule has 0 bridgehead atoms. The normalized spacial score (nSPS) is 12.2. The highest BCUT2D eigenvalue weighted by molar-refractivity contribution is 5.89.